The van der Waals surface area contributed by atoms with Crippen molar-refractivity contribution in [2.24, 2.45) is 0 Å². The topological polar surface area (TPSA) is 114 Å². The van der Waals surface area contributed by atoms with Crippen molar-refractivity contribution >= 4 is 29.2 Å². The van der Waals surface area contributed by atoms with Crippen LogP contribution in [0.1, 0.15) is 40.1 Å². The van der Waals surface area contributed by atoms with Crippen LogP contribution < -0.4 is 20.1 Å². The summed E-state index contributed by atoms with van der Waals surface area (Å²) in [6.07, 6.45) is -0.291. The Hall–Kier alpha value is -5.11. The van der Waals surface area contributed by atoms with E-state index in [2.05, 4.69) is 10.6 Å². The van der Waals surface area contributed by atoms with Gasteiger partial charge in [-0.3, -0.25) is 14.4 Å². The number of anilines is 2. The third kappa shape index (κ3) is 7.69. The number of carbonyl (C=O) groups excluding carboxylic acids is 2. The number of rotatable bonds is 10. The number of carboxylic acids is 1. The highest BCUT2D eigenvalue weighted by molar-refractivity contribution is 6.05. The SMILES string of the molecule is CC(C)Oc1ccc(C(=O)Nc2ccc(Oc3ccc(NC(=O)c4ccccc4)cc3)cc2CC(=O)O)cc1. The minimum atomic E-state index is -1.05. The highest BCUT2D eigenvalue weighted by Crippen LogP contribution is 2.28. The number of hydrogen-bond donors (Lipinski definition) is 3. The summed E-state index contributed by atoms with van der Waals surface area (Å²) in [5, 5.41) is 15.0. The first-order chi connectivity index (χ1) is 18.8. The molecule has 0 bridgehead atoms. The van der Waals surface area contributed by atoms with Crippen LogP contribution in [-0.4, -0.2) is 29.0 Å². The van der Waals surface area contributed by atoms with E-state index in [1.54, 1.807) is 91.0 Å². The molecule has 198 valence electrons. The van der Waals surface area contributed by atoms with Crippen LogP contribution in [0.15, 0.2) is 97.1 Å². The van der Waals surface area contributed by atoms with Gasteiger partial charge in [-0.25, -0.2) is 0 Å². The van der Waals surface area contributed by atoms with E-state index in [0.29, 0.717) is 45.3 Å². The minimum absolute atomic E-state index is 0.0161. The Balaban J connectivity index is 1.44. The fraction of sp³-hybridized carbons (Fsp3) is 0.129. The molecule has 0 saturated heterocycles. The third-order valence-electron chi connectivity index (χ3n) is 5.54. The zero-order chi connectivity index (χ0) is 27.8. The Bertz CT molecular complexity index is 1450. The lowest BCUT2D eigenvalue weighted by Gasteiger charge is -2.14. The molecule has 8 nitrogen and oxygen atoms in total. The molecule has 0 heterocycles. The molecule has 2 amide bonds. The van der Waals surface area contributed by atoms with Crippen molar-refractivity contribution in [3.05, 3.63) is 114 Å². The lowest BCUT2D eigenvalue weighted by Crippen LogP contribution is -2.14. The maximum atomic E-state index is 12.8. The molecule has 0 radical (unpaired) electrons. The van der Waals surface area contributed by atoms with E-state index >= 15 is 0 Å². The molecule has 0 atom stereocenters. The third-order valence-corrected chi connectivity index (χ3v) is 5.54. The summed E-state index contributed by atoms with van der Waals surface area (Å²) in [6.45, 7) is 3.83. The smallest absolute Gasteiger partial charge is 0.307 e. The van der Waals surface area contributed by atoms with Crippen LogP contribution >= 0.6 is 0 Å². The van der Waals surface area contributed by atoms with Crippen LogP contribution in [0.25, 0.3) is 0 Å². The summed E-state index contributed by atoms with van der Waals surface area (Å²) in [5.41, 5.74) is 2.32. The number of ether oxygens (including phenoxy) is 2. The van der Waals surface area contributed by atoms with Crippen LogP contribution in [-0.2, 0) is 11.2 Å². The molecule has 0 fully saturated rings. The summed E-state index contributed by atoms with van der Waals surface area (Å²) in [7, 11) is 0. The van der Waals surface area contributed by atoms with Crippen molar-refractivity contribution in [1.29, 1.82) is 0 Å². The molecule has 0 aliphatic rings. The van der Waals surface area contributed by atoms with Gasteiger partial charge < -0.3 is 25.2 Å². The molecule has 39 heavy (non-hydrogen) atoms. The average Bonchev–Trinajstić information content (AvgIpc) is 2.91. The van der Waals surface area contributed by atoms with Crippen molar-refractivity contribution in [2.45, 2.75) is 26.4 Å². The van der Waals surface area contributed by atoms with Gasteiger partial charge in [0, 0.05) is 22.5 Å². The zero-order valence-corrected chi connectivity index (χ0v) is 21.5. The highest BCUT2D eigenvalue weighted by atomic mass is 16.5. The lowest BCUT2D eigenvalue weighted by molar-refractivity contribution is -0.136. The maximum Gasteiger partial charge on any atom is 0.307 e. The second-order valence-electron chi connectivity index (χ2n) is 8.98. The molecular formula is C31H28N2O6. The first-order valence-electron chi connectivity index (χ1n) is 12.3. The van der Waals surface area contributed by atoms with Gasteiger partial charge in [0.25, 0.3) is 11.8 Å². The maximum absolute atomic E-state index is 12.8. The van der Waals surface area contributed by atoms with Crippen molar-refractivity contribution < 1.29 is 29.0 Å². The van der Waals surface area contributed by atoms with Crippen LogP contribution in [0.2, 0.25) is 0 Å². The quantitative estimate of drug-likeness (QED) is 0.221. The molecule has 0 unspecified atom stereocenters. The molecule has 0 aliphatic heterocycles. The molecule has 4 rings (SSSR count). The summed E-state index contributed by atoms with van der Waals surface area (Å²) >= 11 is 0. The van der Waals surface area contributed by atoms with Gasteiger partial charge >= 0.3 is 5.97 Å². The largest absolute Gasteiger partial charge is 0.491 e. The van der Waals surface area contributed by atoms with Crippen LogP contribution in [0.3, 0.4) is 0 Å². The summed E-state index contributed by atoms with van der Waals surface area (Å²) in [5.74, 6) is -0.0906. The average molecular weight is 525 g/mol. The highest BCUT2D eigenvalue weighted by Gasteiger charge is 2.14. The molecule has 0 aromatic heterocycles. The Morgan fingerprint density at radius 1 is 0.718 bits per heavy atom. The van der Waals surface area contributed by atoms with E-state index in [4.69, 9.17) is 9.47 Å². The summed E-state index contributed by atoms with van der Waals surface area (Å²) < 4.78 is 11.5. The van der Waals surface area contributed by atoms with Gasteiger partial charge in [0.05, 0.1) is 12.5 Å². The predicted molar refractivity (Wildman–Crippen MR) is 149 cm³/mol. The second-order valence-corrected chi connectivity index (χ2v) is 8.98. The van der Waals surface area contributed by atoms with Gasteiger partial charge in [0.15, 0.2) is 0 Å². The first kappa shape index (κ1) is 26.9. The van der Waals surface area contributed by atoms with E-state index < -0.39 is 5.97 Å². The Morgan fingerprint density at radius 2 is 1.31 bits per heavy atom. The van der Waals surface area contributed by atoms with Gasteiger partial charge in [-0.05, 0) is 98.3 Å². The monoisotopic (exact) mass is 524 g/mol. The van der Waals surface area contributed by atoms with Crippen molar-refractivity contribution in [3.63, 3.8) is 0 Å². The van der Waals surface area contributed by atoms with Crippen molar-refractivity contribution in [3.8, 4) is 17.2 Å². The van der Waals surface area contributed by atoms with E-state index in [1.165, 1.54) is 0 Å². The molecular weight excluding hydrogens is 496 g/mol. The minimum Gasteiger partial charge on any atom is -0.491 e. The summed E-state index contributed by atoms with van der Waals surface area (Å²) in [6, 6.07) is 27.2. The van der Waals surface area contributed by atoms with Gasteiger partial charge in [0.1, 0.15) is 17.2 Å². The molecule has 0 saturated carbocycles. The molecule has 0 spiro atoms. The van der Waals surface area contributed by atoms with E-state index in [0.717, 1.165) is 0 Å². The number of aliphatic carboxylic acids is 1. The Morgan fingerprint density at radius 3 is 1.95 bits per heavy atom. The molecule has 4 aromatic rings. The zero-order valence-electron chi connectivity index (χ0n) is 21.5. The van der Waals surface area contributed by atoms with E-state index in [-0.39, 0.29) is 24.3 Å². The predicted octanol–water partition coefficient (Wildman–Crippen LogP) is 6.40. The number of carboxylic acid groups (broad SMARTS) is 1. The van der Waals surface area contributed by atoms with E-state index in [1.807, 2.05) is 19.9 Å². The number of carbonyl (C=O) groups is 3. The van der Waals surface area contributed by atoms with Crippen LogP contribution in [0, 0.1) is 0 Å². The van der Waals surface area contributed by atoms with Gasteiger partial charge in [-0.2, -0.15) is 0 Å². The normalized spacial score (nSPS) is 10.5. The first-order valence-corrected chi connectivity index (χ1v) is 12.3. The molecule has 8 heteroatoms. The molecule has 0 aliphatic carbocycles. The van der Waals surface area contributed by atoms with E-state index in [9.17, 15) is 19.5 Å². The molecule has 3 N–H and O–H groups in total. The fourth-order valence-electron chi connectivity index (χ4n) is 3.75. The molecule has 4 aromatic carbocycles. The number of amides is 2. The van der Waals surface area contributed by atoms with Gasteiger partial charge in [-0.1, -0.05) is 18.2 Å². The van der Waals surface area contributed by atoms with Gasteiger partial charge in [0.2, 0.25) is 0 Å². The Labute approximate surface area is 226 Å². The van der Waals surface area contributed by atoms with Gasteiger partial charge in [-0.15, -0.1) is 0 Å². The standard InChI is InChI=1S/C31H28N2O6/c1-20(2)38-25-12-8-22(9-13-25)31(37)33-28-17-16-27(18-23(28)19-29(34)35)39-26-14-10-24(11-15-26)32-30(36)21-6-4-3-5-7-21/h3-18,20H,19H2,1-2H3,(H,32,36)(H,33,37)(H,34,35). The lowest BCUT2D eigenvalue weighted by atomic mass is 10.1. The number of benzene rings is 4. The van der Waals surface area contributed by atoms with Crippen LogP contribution in [0.5, 0.6) is 17.2 Å². The Kier molecular flexibility index (Phi) is 8.58. The second kappa shape index (κ2) is 12.4. The van der Waals surface area contributed by atoms with Crippen molar-refractivity contribution in [1.82, 2.24) is 0 Å². The summed E-state index contributed by atoms with van der Waals surface area (Å²) in [4.78, 5) is 36.6. The number of nitrogens with one attached hydrogen (secondary N) is 2. The number of hydrogen-bond acceptors (Lipinski definition) is 5. The van der Waals surface area contributed by atoms with Crippen LogP contribution in [0.4, 0.5) is 11.4 Å². The fourth-order valence-corrected chi connectivity index (χ4v) is 3.75. The van der Waals surface area contributed by atoms with Crippen molar-refractivity contribution in [2.75, 3.05) is 10.6 Å².